The van der Waals surface area contributed by atoms with E-state index in [2.05, 4.69) is 25.9 Å². The molecule has 1 atom stereocenters. The fourth-order valence-electron chi connectivity index (χ4n) is 1.51. The molecule has 20 heavy (non-hydrogen) atoms. The van der Waals surface area contributed by atoms with Crippen molar-refractivity contribution in [2.75, 3.05) is 0 Å². The predicted octanol–water partition coefficient (Wildman–Crippen LogP) is 1.71. The van der Waals surface area contributed by atoms with E-state index in [0.29, 0.717) is 0 Å². The quantitative estimate of drug-likeness (QED) is 0.899. The minimum atomic E-state index is -4.42. The van der Waals surface area contributed by atoms with Crippen LogP contribution in [0.4, 0.5) is 13.2 Å². The number of hydrogen-bond donors (Lipinski definition) is 2. The molecule has 0 fully saturated rings. The zero-order chi connectivity index (χ0) is 14.8. The molecule has 0 aliphatic carbocycles. The van der Waals surface area contributed by atoms with E-state index in [4.69, 9.17) is 0 Å². The lowest BCUT2D eigenvalue weighted by molar-refractivity contribution is -0.137. The van der Waals surface area contributed by atoms with Crippen molar-refractivity contribution in [2.45, 2.75) is 19.1 Å². The van der Waals surface area contributed by atoms with E-state index in [-0.39, 0.29) is 11.4 Å². The summed E-state index contributed by atoms with van der Waals surface area (Å²) in [5, 5.41) is 15.5. The lowest BCUT2D eigenvalue weighted by Crippen LogP contribution is -2.27. The van der Waals surface area contributed by atoms with Gasteiger partial charge < -0.3 is 5.32 Å². The van der Waals surface area contributed by atoms with Gasteiger partial charge in [0.15, 0.2) is 5.82 Å². The minimum Gasteiger partial charge on any atom is -0.342 e. The Kier molecular flexibility index (Phi) is 3.68. The predicted molar refractivity (Wildman–Crippen MR) is 61.5 cm³/mol. The van der Waals surface area contributed by atoms with Crippen LogP contribution in [0.3, 0.4) is 0 Å². The van der Waals surface area contributed by atoms with E-state index < -0.39 is 23.7 Å². The maximum atomic E-state index is 12.4. The molecule has 2 N–H and O–H groups in total. The van der Waals surface area contributed by atoms with Crippen molar-refractivity contribution in [3.05, 3.63) is 41.2 Å². The topological polar surface area (TPSA) is 83.6 Å². The molecule has 0 aliphatic rings. The van der Waals surface area contributed by atoms with Gasteiger partial charge in [0.1, 0.15) is 0 Å². The van der Waals surface area contributed by atoms with E-state index in [0.717, 1.165) is 24.3 Å². The molecule has 1 amide bonds. The van der Waals surface area contributed by atoms with Crippen molar-refractivity contribution in [1.29, 1.82) is 0 Å². The third-order valence-corrected chi connectivity index (χ3v) is 2.57. The first-order valence-electron chi connectivity index (χ1n) is 5.59. The summed E-state index contributed by atoms with van der Waals surface area (Å²) in [4.78, 5) is 11.8. The summed E-state index contributed by atoms with van der Waals surface area (Å²) in [6.45, 7) is 1.63. The Morgan fingerprint density at radius 2 is 1.95 bits per heavy atom. The maximum Gasteiger partial charge on any atom is 0.416 e. The van der Waals surface area contributed by atoms with Crippen molar-refractivity contribution >= 4 is 5.91 Å². The molecule has 0 radical (unpaired) electrons. The molecule has 9 heteroatoms. The lowest BCUT2D eigenvalue weighted by Gasteiger charge is -2.11. The zero-order valence-corrected chi connectivity index (χ0v) is 10.3. The third-order valence-electron chi connectivity index (χ3n) is 2.57. The highest BCUT2D eigenvalue weighted by atomic mass is 19.4. The summed E-state index contributed by atoms with van der Waals surface area (Å²) in [5.74, 6) is -0.235. The van der Waals surface area contributed by atoms with Crippen LogP contribution in [-0.2, 0) is 6.18 Å². The van der Waals surface area contributed by atoms with Gasteiger partial charge >= 0.3 is 6.18 Å². The highest BCUT2D eigenvalue weighted by Gasteiger charge is 2.30. The monoisotopic (exact) mass is 285 g/mol. The summed E-state index contributed by atoms with van der Waals surface area (Å²) in [5.41, 5.74) is -0.686. The number of carbonyl (C=O) groups is 1. The molecule has 6 nitrogen and oxygen atoms in total. The number of aromatic amines is 1. The van der Waals surface area contributed by atoms with Crippen molar-refractivity contribution in [1.82, 2.24) is 25.9 Å². The Hall–Kier alpha value is -2.45. The number of nitrogens with zero attached hydrogens (tertiary/aromatic N) is 3. The molecular formula is C11H10F3N5O. The second kappa shape index (κ2) is 5.27. The number of aromatic nitrogens is 4. The van der Waals surface area contributed by atoms with Crippen LogP contribution < -0.4 is 5.32 Å². The lowest BCUT2D eigenvalue weighted by atomic mass is 10.1. The van der Waals surface area contributed by atoms with Crippen molar-refractivity contribution in [3.8, 4) is 0 Å². The van der Waals surface area contributed by atoms with Gasteiger partial charge in [-0.25, -0.2) is 0 Å². The Morgan fingerprint density at radius 1 is 1.30 bits per heavy atom. The molecule has 1 heterocycles. The number of tetrazole rings is 1. The van der Waals surface area contributed by atoms with E-state index in [1.54, 1.807) is 6.92 Å². The number of halogens is 3. The number of hydrogen-bond acceptors (Lipinski definition) is 4. The number of nitrogens with one attached hydrogen (secondary N) is 2. The first-order chi connectivity index (χ1) is 9.38. The molecule has 106 valence electrons. The Balaban J connectivity index is 2.06. The summed E-state index contributed by atoms with van der Waals surface area (Å²) < 4.78 is 37.2. The normalized spacial score (nSPS) is 13.0. The molecule has 0 saturated heterocycles. The van der Waals surface area contributed by atoms with Gasteiger partial charge in [0.05, 0.1) is 11.6 Å². The van der Waals surface area contributed by atoms with Gasteiger partial charge in [0.25, 0.3) is 5.91 Å². The van der Waals surface area contributed by atoms with Crippen LogP contribution in [0, 0.1) is 0 Å². The molecule has 1 aromatic carbocycles. The Bertz CT molecular complexity index is 579. The highest BCUT2D eigenvalue weighted by Crippen LogP contribution is 2.29. The van der Waals surface area contributed by atoms with Gasteiger partial charge in [-0.05, 0) is 31.2 Å². The smallest absolute Gasteiger partial charge is 0.342 e. The minimum absolute atomic E-state index is 0.119. The second-order valence-corrected chi connectivity index (χ2v) is 4.04. The molecule has 2 rings (SSSR count). The summed E-state index contributed by atoms with van der Waals surface area (Å²) >= 11 is 0. The first-order valence-corrected chi connectivity index (χ1v) is 5.59. The number of amides is 1. The summed E-state index contributed by atoms with van der Waals surface area (Å²) in [7, 11) is 0. The molecule has 0 bridgehead atoms. The number of rotatable bonds is 3. The summed E-state index contributed by atoms with van der Waals surface area (Å²) in [6.07, 6.45) is -4.42. The second-order valence-electron chi connectivity index (χ2n) is 4.04. The van der Waals surface area contributed by atoms with Crippen LogP contribution in [-0.4, -0.2) is 26.5 Å². The molecule has 0 aliphatic heterocycles. The van der Waals surface area contributed by atoms with E-state index >= 15 is 0 Å². The average Bonchev–Trinajstić information content (AvgIpc) is 2.91. The molecule has 0 spiro atoms. The molecular weight excluding hydrogens is 275 g/mol. The van der Waals surface area contributed by atoms with E-state index in [1.165, 1.54) is 0 Å². The molecule has 1 aromatic heterocycles. The van der Waals surface area contributed by atoms with Crippen molar-refractivity contribution < 1.29 is 18.0 Å². The van der Waals surface area contributed by atoms with Crippen LogP contribution >= 0.6 is 0 Å². The van der Waals surface area contributed by atoms with Crippen molar-refractivity contribution in [3.63, 3.8) is 0 Å². The number of H-pyrrole nitrogens is 1. The maximum absolute atomic E-state index is 12.4. The third kappa shape index (κ3) is 3.11. The number of carbonyl (C=O) groups excluding carboxylic acids is 1. The first kappa shape index (κ1) is 14.0. The van der Waals surface area contributed by atoms with Gasteiger partial charge in [-0.15, -0.1) is 10.2 Å². The zero-order valence-electron chi connectivity index (χ0n) is 10.3. The van der Waals surface area contributed by atoms with Gasteiger partial charge in [0, 0.05) is 5.56 Å². The number of benzene rings is 1. The highest BCUT2D eigenvalue weighted by molar-refractivity contribution is 5.94. The van der Waals surface area contributed by atoms with Gasteiger partial charge in [-0.1, -0.05) is 5.21 Å². The standard InChI is InChI=1S/C11H10F3N5O/c1-6(9-16-18-19-17-9)15-10(20)7-2-4-8(5-3-7)11(12,13)14/h2-6H,1H3,(H,15,20)(H,16,17,18,19). The van der Waals surface area contributed by atoms with Crippen LogP contribution in [0.15, 0.2) is 24.3 Å². The Labute approximate surface area is 111 Å². The molecule has 2 aromatic rings. The number of alkyl halides is 3. The van der Waals surface area contributed by atoms with Gasteiger partial charge in [-0.3, -0.25) is 4.79 Å². The van der Waals surface area contributed by atoms with Crippen LogP contribution in [0.5, 0.6) is 0 Å². The largest absolute Gasteiger partial charge is 0.416 e. The van der Waals surface area contributed by atoms with Crippen molar-refractivity contribution in [2.24, 2.45) is 0 Å². The van der Waals surface area contributed by atoms with E-state index in [9.17, 15) is 18.0 Å². The van der Waals surface area contributed by atoms with Gasteiger partial charge in [0.2, 0.25) is 0 Å². The SMILES string of the molecule is CC(NC(=O)c1ccc(C(F)(F)F)cc1)c1nn[nH]n1. The fourth-order valence-corrected chi connectivity index (χ4v) is 1.51. The fraction of sp³-hybridized carbons (Fsp3) is 0.273. The van der Waals surface area contributed by atoms with E-state index in [1.807, 2.05) is 0 Å². The Morgan fingerprint density at radius 3 is 2.45 bits per heavy atom. The summed E-state index contributed by atoms with van der Waals surface area (Å²) in [6, 6.07) is 3.42. The molecule has 1 unspecified atom stereocenters. The molecule has 0 saturated carbocycles. The van der Waals surface area contributed by atoms with Crippen LogP contribution in [0.2, 0.25) is 0 Å². The van der Waals surface area contributed by atoms with Gasteiger partial charge in [-0.2, -0.15) is 18.4 Å². The van der Waals surface area contributed by atoms with Crippen LogP contribution in [0.25, 0.3) is 0 Å². The average molecular weight is 285 g/mol. The van der Waals surface area contributed by atoms with Crippen LogP contribution in [0.1, 0.15) is 34.7 Å².